The molecule has 0 fully saturated rings. The number of fused-ring (bicyclic) bond motifs is 1. The minimum Gasteiger partial charge on any atom is -0.383 e. The molecule has 1 aromatic carbocycles. The lowest BCUT2D eigenvalue weighted by molar-refractivity contribution is -0.384. The summed E-state index contributed by atoms with van der Waals surface area (Å²) in [5.41, 5.74) is 7.66. The van der Waals surface area contributed by atoms with Gasteiger partial charge in [0.1, 0.15) is 17.0 Å². The van der Waals surface area contributed by atoms with Crippen molar-refractivity contribution in [1.29, 1.82) is 0 Å². The number of benzene rings is 1. The molecular weight excluding hydrogens is 342 g/mol. The van der Waals surface area contributed by atoms with E-state index < -0.39 is 4.92 Å². The van der Waals surface area contributed by atoms with E-state index in [4.69, 9.17) is 5.73 Å². The van der Waals surface area contributed by atoms with Crippen LogP contribution in [0.4, 0.5) is 11.5 Å². The Morgan fingerprint density at radius 2 is 2.04 bits per heavy atom. The minimum atomic E-state index is -0.445. The number of aryl methyl sites for hydroxylation is 1. The smallest absolute Gasteiger partial charge is 0.269 e. The normalized spacial score (nSPS) is 10.8. The van der Waals surface area contributed by atoms with E-state index in [0.29, 0.717) is 24.0 Å². The van der Waals surface area contributed by atoms with Crippen molar-refractivity contribution in [3.63, 3.8) is 0 Å². The highest BCUT2D eigenvalue weighted by atomic mass is 32.1. The Labute approximate surface area is 146 Å². The number of carbonyl (C=O) groups excluding carboxylic acids is 1. The Hall–Kier alpha value is -3.07. The molecule has 2 aromatic heterocycles. The van der Waals surface area contributed by atoms with Crippen molar-refractivity contribution in [3.8, 4) is 11.1 Å². The summed E-state index contributed by atoms with van der Waals surface area (Å²) in [6.07, 6.45) is 2.25. The number of amides is 1. The molecule has 0 saturated heterocycles. The number of carbonyl (C=O) groups is 1. The number of aromatic nitrogens is 2. The van der Waals surface area contributed by atoms with Crippen LogP contribution in [-0.2, 0) is 11.2 Å². The topological polar surface area (TPSA) is 124 Å². The fraction of sp³-hybridized carbons (Fsp3) is 0.188. The first-order chi connectivity index (χ1) is 12.0. The number of nitrogens with one attached hydrogen (secondary N) is 1. The molecule has 0 unspecified atom stereocenters. The Bertz CT molecular complexity index is 952. The summed E-state index contributed by atoms with van der Waals surface area (Å²) in [5, 5.41) is 14.2. The number of nitrogens with zero attached hydrogens (tertiary/aromatic N) is 3. The lowest BCUT2D eigenvalue weighted by atomic mass is 10.0. The third-order valence-electron chi connectivity index (χ3n) is 3.82. The SMILES string of the molecule is CNC(=O)CCc1sc2ncnc(N)c2c1-c1ccc([N+](=O)[O-])cc1. The van der Waals surface area contributed by atoms with Gasteiger partial charge in [0, 0.05) is 36.0 Å². The van der Waals surface area contributed by atoms with Crippen molar-refractivity contribution in [2.24, 2.45) is 0 Å². The van der Waals surface area contributed by atoms with Gasteiger partial charge >= 0.3 is 0 Å². The first-order valence-corrected chi connectivity index (χ1v) is 8.30. The van der Waals surface area contributed by atoms with Gasteiger partial charge in [-0.05, 0) is 24.1 Å². The van der Waals surface area contributed by atoms with Crippen molar-refractivity contribution in [2.45, 2.75) is 12.8 Å². The molecule has 8 nitrogen and oxygen atoms in total. The van der Waals surface area contributed by atoms with Crippen LogP contribution in [0.5, 0.6) is 0 Å². The highest BCUT2D eigenvalue weighted by Gasteiger charge is 2.19. The number of nitrogens with two attached hydrogens (primary N) is 1. The number of thiophene rings is 1. The molecule has 0 aliphatic carbocycles. The molecule has 0 saturated carbocycles. The number of nitro benzene ring substituents is 1. The molecule has 25 heavy (non-hydrogen) atoms. The van der Waals surface area contributed by atoms with Gasteiger partial charge in [-0.2, -0.15) is 0 Å². The third-order valence-corrected chi connectivity index (χ3v) is 4.97. The lowest BCUT2D eigenvalue weighted by Gasteiger charge is -2.06. The standard InChI is InChI=1S/C16H15N5O3S/c1-18-12(22)7-6-11-13(9-2-4-10(5-3-9)21(23)24)14-15(17)19-8-20-16(14)25-11/h2-5,8H,6-7H2,1H3,(H,18,22)(H2,17,19,20). The van der Waals surface area contributed by atoms with Crippen LogP contribution in [0.25, 0.3) is 21.3 Å². The maximum absolute atomic E-state index is 11.6. The van der Waals surface area contributed by atoms with Gasteiger partial charge in [0.15, 0.2) is 0 Å². The van der Waals surface area contributed by atoms with Crippen LogP contribution in [0.2, 0.25) is 0 Å². The number of hydrogen-bond donors (Lipinski definition) is 2. The van der Waals surface area contributed by atoms with Gasteiger partial charge < -0.3 is 11.1 Å². The van der Waals surface area contributed by atoms with Gasteiger partial charge in [0.2, 0.25) is 5.91 Å². The van der Waals surface area contributed by atoms with Crippen molar-refractivity contribution in [1.82, 2.24) is 15.3 Å². The summed E-state index contributed by atoms with van der Waals surface area (Å²) in [6, 6.07) is 6.24. The number of rotatable bonds is 5. The molecule has 3 rings (SSSR count). The maximum atomic E-state index is 11.6. The van der Waals surface area contributed by atoms with Gasteiger partial charge in [0.25, 0.3) is 5.69 Å². The zero-order valence-corrected chi connectivity index (χ0v) is 14.2. The summed E-state index contributed by atoms with van der Waals surface area (Å²) in [5.74, 6) is 0.284. The molecule has 0 aliphatic heterocycles. The van der Waals surface area contributed by atoms with Gasteiger partial charge in [-0.3, -0.25) is 14.9 Å². The number of hydrogen-bond acceptors (Lipinski definition) is 7. The van der Waals surface area contributed by atoms with E-state index in [1.807, 2.05) is 0 Å². The van der Waals surface area contributed by atoms with Crippen LogP contribution >= 0.6 is 11.3 Å². The van der Waals surface area contributed by atoms with Crippen LogP contribution in [-0.4, -0.2) is 27.8 Å². The second kappa shape index (κ2) is 6.81. The predicted octanol–water partition coefficient (Wildman–Crippen LogP) is 2.53. The highest BCUT2D eigenvalue weighted by molar-refractivity contribution is 7.19. The minimum absolute atomic E-state index is 0.0133. The zero-order chi connectivity index (χ0) is 18.0. The predicted molar refractivity (Wildman–Crippen MR) is 96.3 cm³/mol. The second-order valence-electron chi connectivity index (χ2n) is 5.32. The van der Waals surface area contributed by atoms with Crippen LogP contribution in [0.1, 0.15) is 11.3 Å². The molecule has 3 N–H and O–H groups in total. The van der Waals surface area contributed by atoms with Crippen LogP contribution in [0.3, 0.4) is 0 Å². The van der Waals surface area contributed by atoms with E-state index in [9.17, 15) is 14.9 Å². The Morgan fingerprint density at radius 3 is 2.68 bits per heavy atom. The van der Waals surface area contributed by atoms with Gasteiger partial charge in [-0.15, -0.1) is 11.3 Å². The zero-order valence-electron chi connectivity index (χ0n) is 13.4. The van der Waals surface area contributed by atoms with Crippen molar-refractivity contribution >= 4 is 39.0 Å². The number of nitrogen functional groups attached to an aromatic ring is 1. The highest BCUT2D eigenvalue weighted by Crippen LogP contribution is 2.40. The van der Waals surface area contributed by atoms with Gasteiger partial charge in [-0.1, -0.05) is 0 Å². The molecule has 0 bridgehead atoms. The second-order valence-corrected chi connectivity index (χ2v) is 6.40. The molecule has 2 heterocycles. The Kier molecular flexibility index (Phi) is 4.57. The molecule has 1 amide bonds. The summed E-state index contributed by atoms with van der Waals surface area (Å²) in [7, 11) is 1.59. The molecular formula is C16H15N5O3S. The van der Waals surface area contributed by atoms with Gasteiger partial charge in [-0.25, -0.2) is 9.97 Å². The van der Waals surface area contributed by atoms with E-state index >= 15 is 0 Å². The maximum Gasteiger partial charge on any atom is 0.269 e. The lowest BCUT2D eigenvalue weighted by Crippen LogP contribution is -2.17. The van der Waals surface area contributed by atoms with E-state index in [0.717, 1.165) is 20.8 Å². The number of nitro groups is 1. The Balaban J connectivity index is 2.13. The van der Waals surface area contributed by atoms with Crippen LogP contribution < -0.4 is 11.1 Å². The number of non-ortho nitro benzene ring substituents is 1. The summed E-state index contributed by atoms with van der Waals surface area (Å²) in [6.45, 7) is 0. The first kappa shape index (κ1) is 16.8. The molecule has 3 aromatic rings. The summed E-state index contributed by atoms with van der Waals surface area (Å²) < 4.78 is 0. The van der Waals surface area contributed by atoms with E-state index in [-0.39, 0.29) is 11.6 Å². The molecule has 0 spiro atoms. The fourth-order valence-electron chi connectivity index (χ4n) is 2.58. The molecule has 0 radical (unpaired) electrons. The molecule has 128 valence electrons. The largest absolute Gasteiger partial charge is 0.383 e. The monoisotopic (exact) mass is 357 g/mol. The fourth-order valence-corrected chi connectivity index (χ4v) is 3.75. The average molecular weight is 357 g/mol. The summed E-state index contributed by atoms with van der Waals surface area (Å²) >= 11 is 1.45. The van der Waals surface area contributed by atoms with E-state index in [1.54, 1.807) is 19.2 Å². The number of anilines is 1. The Morgan fingerprint density at radius 1 is 1.32 bits per heavy atom. The van der Waals surface area contributed by atoms with Crippen molar-refractivity contribution < 1.29 is 9.72 Å². The van der Waals surface area contributed by atoms with Crippen molar-refractivity contribution in [2.75, 3.05) is 12.8 Å². The average Bonchev–Trinajstić information content (AvgIpc) is 2.99. The van der Waals surface area contributed by atoms with E-state index in [1.165, 1.54) is 29.8 Å². The third kappa shape index (κ3) is 3.26. The van der Waals surface area contributed by atoms with Gasteiger partial charge in [0.05, 0.1) is 10.3 Å². The quantitative estimate of drug-likeness (QED) is 0.534. The molecule has 0 aliphatic rings. The van der Waals surface area contributed by atoms with Crippen molar-refractivity contribution in [3.05, 3.63) is 45.6 Å². The summed E-state index contributed by atoms with van der Waals surface area (Å²) in [4.78, 5) is 32.0. The molecule has 9 heteroatoms. The van der Waals surface area contributed by atoms with Crippen LogP contribution in [0.15, 0.2) is 30.6 Å². The van der Waals surface area contributed by atoms with Crippen LogP contribution in [0, 0.1) is 10.1 Å². The first-order valence-electron chi connectivity index (χ1n) is 7.48. The molecule has 0 atom stereocenters. The van der Waals surface area contributed by atoms with E-state index in [2.05, 4.69) is 15.3 Å².